The molecule has 158 valence electrons. The monoisotopic (exact) mass is 391 g/mol. The van der Waals surface area contributed by atoms with E-state index < -0.39 is 0 Å². The van der Waals surface area contributed by atoms with E-state index in [1.165, 1.54) is 64.8 Å². The predicted molar refractivity (Wildman–Crippen MR) is 130 cm³/mol. The molecule has 0 spiro atoms. The fraction of sp³-hybridized carbons (Fsp3) is 0.500. The zero-order chi connectivity index (χ0) is 21.2. The second kappa shape index (κ2) is 11.9. The Hall–Kier alpha value is -2.02. The van der Waals surface area contributed by atoms with E-state index in [1.807, 2.05) is 6.20 Å². The summed E-state index contributed by atoms with van der Waals surface area (Å²) in [5.41, 5.74) is 9.75. The summed E-state index contributed by atoms with van der Waals surface area (Å²) in [4.78, 5) is 0. The number of hydrogen-bond donors (Lipinski definition) is 1. The highest BCUT2D eigenvalue weighted by Crippen LogP contribution is 2.32. The Morgan fingerprint density at radius 3 is 2.31 bits per heavy atom. The molecule has 0 amide bonds. The van der Waals surface area contributed by atoms with Crippen molar-refractivity contribution in [3.63, 3.8) is 0 Å². The van der Waals surface area contributed by atoms with E-state index >= 15 is 0 Å². The average molecular weight is 392 g/mol. The second-order valence-corrected chi connectivity index (χ2v) is 8.43. The number of benzene rings is 1. The van der Waals surface area contributed by atoms with Crippen LogP contribution in [0.5, 0.6) is 0 Å². The zero-order valence-corrected chi connectivity index (χ0v) is 19.2. The Morgan fingerprint density at radius 1 is 1.03 bits per heavy atom. The number of allylic oxidation sites excluding steroid dienone is 4. The van der Waals surface area contributed by atoms with Crippen LogP contribution >= 0.6 is 0 Å². The van der Waals surface area contributed by atoms with Crippen LogP contribution in [0.4, 0.5) is 0 Å². The maximum absolute atomic E-state index is 4.41. The van der Waals surface area contributed by atoms with Gasteiger partial charge in [-0.1, -0.05) is 76.6 Å². The molecule has 0 aromatic heterocycles. The molecule has 0 aliphatic carbocycles. The highest BCUT2D eigenvalue weighted by atomic mass is 15.0. The van der Waals surface area contributed by atoms with Gasteiger partial charge in [0.05, 0.1) is 5.70 Å². The van der Waals surface area contributed by atoms with Gasteiger partial charge in [-0.2, -0.15) is 0 Å². The zero-order valence-electron chi connectivity index (χ0n) is 19.2. The molecule has 0 atom stereocenters. The second-order valence-electron chi connectivity index (χ2n) is 8.43. The smallest absolute Gasteiger partial charge is 0.0569 e. The minimum absolute atomic E-state index is 0.835. The lowest BCUT2D eigenvalue weighted by Crippen LogP contribution is -2.03. The van der Waals surface area contributed by atoms with E-state index in [-0.39, 0.29) is 0 Å². The standard InChI is InChI=1S/C28H41N/c1-7-23(8-2)17-18-25(10-4)28-24(9-3)15-12-16-26(28)19-21(5)13-11-14-22(6)27-20-29-27/h10,12,15-16,20,23,29H,5-9,11,13-14,17-19H2,1-4H3/b25-10-. The summed E-state index contributed by atoms with van der Waals surface area (Å²) >= 11 is 0. The molecule has 0 radical (unpaired) electrons. The molecule has 29 heavy (non-hydrogen) atoms. The molecule has 1 heterocycles. The summed E-state index contributed by atoms with van der Waals surface area (Å²) in [6.07, 6.45) is 14.7. The van der Waals surface area contributed by atoms with Crippen molar-refractivity contribution in [2.24, 2.45) is 5.92 Å². The van der Waals surface area contributed by atoms with Crippen LogP contribution in [0.15, 0.2) is 60.5 Å². The van der Waals surface area contributed by atoms with Gasteiger partial charge in [0.25, 0.3) is 0 Å². The Bertz CT molecular complexity index is 759. The van der Waals surface area contributed by atoms with Gasteiger partial charge in [0, 0.05) is 6.20 Å². The maximum atomic E-state index is 4.41. The van der Waals surface area contributed by atoms with E-state index in [9.17, 15) is 0 Å². The lowest BCUT2D eigenvalue weighted by Gasteiger charge is -2.20. The van der Waals surface area contributed by atoms with Crippen LogP contribution in [0.25, 0.3) is 5.57 Å². The first kappa shape index (κ1) is 23.3. The van der Waals surface area contributed by atoms with Gasteiger partial charge in [0.2, 0.25) is 0 Å². The van der Waals surface area contributed by atoms with Crippen LogP contribution in [-0.2, 0) is 12.8 Å². The fourth-order valence-electron chi connectivity index (χ4n) is 4.26. The van der Waals surface area contributed by atoms with Crippen molar-refractivity contribution >= 4 is 5.57 Å². The van der Waals surface area contributed by atoms with Crippen molar-refractivity contribution in [2.45, 2.75) is 85.5 Å². The molecule has 2 rings (SSSR count). The molecular formula is C28H41N. The lowest BCUT2D eigenvalue weighted by molar-refractivity contribution is 0.462. The first-order chi connectivity index (χ1) is 14.0. The Labute approximate surface area is 179 Å². The van der Waals surface area contributed by atoms with Gasteiger partial charge >= 0.3 is 0 Å². The van der Waals surface area contributed by atoms with Crippen LogP contribution in [-0.4, -0.2) is 0 Å². The molecule has 0 fully saturated rings. The van der Waals surface area contributed by atoms with Crippen molar-refractivity contribution in [3.05, 3.63) is 77.2 Å². The highest BCUT2D eigenvalue weighted by molar-refractivity contribution is 5.71. The maximum Gasteiger partial charge on any atom is 0.0569 e. The topological polar surface area (TPSA) is 21.9 Å². The van der Waals surface area contributed by atoms with E-state index in [4.69, 9.17) is 0 Å². The highest BCUT2D eigenvalue weighted by Gasteiger charge is 2.15. The quantitative estimate of drug-likeness (QED) is 0.318. The van der Waals surface area contributed by atoms with E-state index in [1.54, 1.807) is 0 Å². The lowest BCUT2D eigenvalue weighted by atomic mass is 9.85. The molecular weight excluding hydrogens is 350 g/mol. The van der Waals surface area contributed by atoms with Crippen LogP contribution in [0.3, 0.4) is 0 Å². The third-order valence-corrected chi connectivity index (χ3v) is 6.38. The van der Waals surface area contributed by atoms with Crippen molar-refractivity contribution < 1.29 is 0 Å². The van der Waals surface area contributed by atoms with Gasteiger partial charge < -0.3 is 5.32 Å². The molecule has 1 nitrogen and oxygen atoms in total. The van der Waals surface area contributed by atoms with Gasteiger partial charge in [-0.25, -0.2) is 0 Å². The van der Waals surface area contributed by atoms with Gasteiger partial charge in [-0.3, -0.25) is 0 Å². The summed E-state index contributed by atoms with van der Waals surface area (Å²) in [5, 5.41) is 3.14. The van der Waals surface area contributed by atoms with Crippen LogP contribution in [0.1, 0.15) is 89.3 Å². The summed E-state index contributed by atoms with van der Waals surface area (Å²) in [5.74, 6) is 0.835. The minimum Gasteiger partial charge on any atom is -0.358 e. The number of aryl methyl sites for hydroxylation is 1. The normalized spacial score (nSPS) is 13.3. The van der Waals surface area contributed by atoms with Crippen LogP contribution in [0, 0.1) is 5.92 Å². The summed E-state index contributed by atoms with van der Waals surface area (Å²) in [7, 11) is 0. The first-order valence-corrected chi connectivity index (χ1v) is 11.6. The number of nitrogens with one attached hydrogen (secondary N) is 1. The van der Waals surface area contributed by atoms with Crippen molar-refractivity contribution in [3.8, 4) is 0 Å². The predicted octanol–water partition coefficient (Wildman–Crippen LogP) is 8.14. The Kier molecular flexibility index (Phi) is 9.51. The van der Waals surface area contributed by atoms with Gasteiger partial charge in [-0.15, -0.1) is 0 Å². The molecule has 0 saturated heterocycles. The van der Waals surface area contributed by atoms with E-state index in [0.29, 0.717) is 0 Å². The molecule has 1 aromatic rings. The van der Waals surface area contributed by atoms with Crippen molar-refractivity contribution in [1.29, 1.82) is 0 Å². The third-order valence-electron chi connectivity index (χ3n) is 6.38. The molecule has 1 aromatic carbocycles. The molecule has 1 N–H and O–H groups in total. The molecule has 0 unspecified atom stereocenters. The molecule has 1 heteroatoms. The number of rotatable bonds is 14. The SMILES string of the molecule is C=C(CCCC(=C)C1=CN1)Cc1cccc(CC)c1/C(=C\C)CCC(CC)CC. The molecule has 1 aliphatic heterocycles. The summed E-state index contributed by atoms with van der Waals surface area (Å²) in [6.45, 7) is 17.7. The minimum atomic E-state index is 0.835. The summed E-state index contributed by atoms with van der Waals surface area (Å²) in [6, 6.07) is 6.85. The third kappa shape index (κ3) is 7.07. The Balaban J connectivity index is 2.07. The van der Waals surface area contributed by atoms with Crippen molar-refractivity contribution in [2.75, 3.05) is 0 Å². The average Bonchev–Trinajstić information content (AvgIpc) is 3.57. The largest absolute Gasteiger partial charge is 0.358 e. The molecule has 1 aliphatic rings. The van der Waals surface area contributed by atoms with Gasteiger partial charge in [-0.05, 0) is 85.6 Å². The Morgan fingerprint density at radius 2 is 1.72 bits per heavy atom. The molecule has 0 bridgehead atoms. The van der Waals surface area contributed by atoms with Gasteiger partial charge in [0.1, 0.15) is 0 Å². The fourth-order valence-corrected chi connectivity index (χ4v) is 4.26. The molecule has 0 saturated carbocycles. The van der Waals surface area contributed by atoms with E-state index in [2.05, 4.69) is 70.4 Å². The summed E-state index contributed by atoms with van der Waals surface area (Å²) < 4.78 is 0. The van der Waals surface area contributed by atoms with Crippen molar-refractivity contribution in [1.82, 2.24) is 5.32 Å². The number of hydrogen-bond acceptors (Lipinski definition) is 1. The van der Waals surface area contributed by atoms with E-state index in [0.717, 1.165) is 38.0 Å². The van der Waals surface area contributed by atoms with Crippen LogP contribution < -0.4 is 5.32 Å². The van der Waals surface area contributed by atoms with Crippen LogP contribution in [0.2, 0.25) is 0 Å². The first-order valence-electron chi connectivity index (χ1n) is 11.6. The van der Waals surface area contributed by atoms with Gasteiger partial charge in [0.15, 0.2) is 0 Å².